The van der Waals surface area contributed by atoms with Crippen molar-refractivity contribution in [3.8, 4) is 5.75 Å². The van der Waals surface area contributed by atoms with Crippen LogP contribution in [0.25, 0.3) is 0 Å². The van der Waals surface area contributed by atoms with E-state index in [1.807, 2.05) is 0 Å². The Morgan fingerprint density at radius 2 is 2.20 bits per heavy atom. The van der Waals surface area contributed by atoms with Crippen LogP contribution in [0.2, 0.25) is 0 Å². The van der Waals surface area contributed by atoms with Crippen molar-refractivity contribution in [3.63, 3.8) is 0 Å². The molecule has 0 bridgehead atoms. The van der Waals surface area contributed by atoms with Crippen molar-refractivity contribution in [2.75, 3.05) is 17.6 Å². The summed E-state index contributed by atoms with van der Waals surface area (Å²) in [6.45, 7) is 4.22. The molecule has 1 heterocycles. The molecule has 2 rings (SSSR count). The minimum atomic E-state index is -3.41. The van der Waals surface area contributed by atoms with Gasteiger partial charge in [0.1, 0.15) is 5.75 Å². The van der Waals surface area contributed by atoms with Gasteiger partial charge in [0, 0.05) is 24.0 Å². The Hall–Kier alpha value is -1.56. The Balaban J connectivity index is 2.36. The van der Waals surface area contributed by atoms with Crippen molar-refractivity contribution in [2.24, 2.45) is 0 Å². The fourth-order valence-electron chi connectivity index (χ4n) is 2.17. The van der Waals surface area contributed by atoms with Crippen molar-refractivity contribution in [1.82, 2.24) is 0 Å². The number of ketones is 1. The van der Waals surface area contributed by atoms with E-state index in [-0.39, 0.29) is 5.78 Å². The van der Waals surface area contributed by atoms with Crippen LogP contribution >= 0.6 is 0 Å². The third-order valence-corrected chi connectivity index (χ3v) is 3.65. The second-order valence-electron chi connectivity index (χ2n) is 4.87. The van der Waals surface area contributed by atoms with Gasteiger partial charge >= 0.3 is 0 Å². The summed E-state index contributed by atoms with van der Waals surface area (Å²) in [5.74, 6) is 0.532. The van der Waals surface area contributed by atoms with Gasteiger partial charge in [-0.05, 0) is 18.6 Å². The molecule has 0 fully saturated rings. The molecule has 1 aliphatic rings. The standard InChI is InChI=1S/C14H18NO4S/c1-3-4-5-13(16)11-8-10-6-7-19-14(10)12(9-11)15-20(2,17)18/h8-9,15H,1,3-7H2,2H3. The third-order valence-electron chi connectivity index (χ3n) is 3.05. The highest BCUT2D eigenvalue weighted by atomic mass is 32.2. The number of ether oxygens (including phenoxy) is 1. The van der Waals surface area contributed by atoms with Gasteiger partial charge in [0.25, 0.3) is 0 Å². The molecule has 109 valence electrons. The van der Waals surface area contributed by atoms with E-state index in [4.69, 9.17) is 4.74 Å². The summed E-state index contributed by atoms with van der Waals surface area (Å²) in [4.78, 5) is 12.1. The highest BCUT2D eigenvalue weighted by Crippen LogP contribution is 2.36. The molecule has 6 heteroatoms. The zero-order chi connectivity index (χ0) is 14.8. The van der Waals surface area contributed by atoms with E-state index < -0.39 is 10.0 Å². The number of rotatable bonds is 6. The molecule has 0 aromatic heterocycles. The van der Waals surface area contributed by atoms with Crippen molar-refractivity contribution in [1.29, 1.82) is 0 Å². The first-order valence-corrected chi connectivity index (χ1v) is 8.40. The Labute approximate surface area is 119 Å². The lowest BCUT2D eigenvalue weighted by atomic mass is 10.0. The molecular formula is C14H18NO4S. The lowest BCUT2D eigenvalue weighted by molar-refractivity contribution is 0.0980. The number of Topliss-reactive ketones (excluding diaryl/α,β-unsaturated/α-hetero) is 1. The Bertz CT molecular complexity index is 622. The molecule has 0 saturated heterocycles. The molecule has 1 N–H and O–H groups in total. The van der Waals surface area contributed by atoms with Gasteiger partial charge in [-0.15, -0.1) is 0 Å². The predicted molar refractivity (Wildman–Crippen MR) is 77.6 cm³/mol. The summed E-state index contributed by atoms with van der Waals surface area (Å²) in [6, 6.07) is 3.35. The number of sulfonamides is 1. The van der Waals surface area contributed by atoms with E-state index in [2.05, 4.69) is 11.6 Å². The molecule has 1 aromatic carbocycles. The van der Waals surface area contributed by atoms with Gasteiger partial charge in [-0.25, -0.2) is 8.42 Å². The van der Waals surface area contributed by atoms with E-state index in [1.165, 1.54) is 0 Å². The molecule has 0 spiro atoms. The number of nitrogens with one attached hydrogen (secondary N) is 1. The Morgan fingerprint density at radius 3 is 2.85 bits per heavy atom. The molecule has 1 radical (unpaired) electrons. The Kier molecular flexibility index (Phi) is 4.32. The number of carbonyl (C=O) groups excluding carboxylic acids is 1. The quantitative estimate of drug-likeness (QED) is 0.817. The molecule has 0 saturated carbocycles. The average molecular weight is 296 g/mol. The first-order valence-electron chi connectivity index (χ1n) is 6.50. The summed E-state index contributed by atoms with van der Waals surface area (Å²) in [6.07, 6.45) is 3.60. The van der Waals surface area contributed by atoms with Gasteiger partial charge in [-0.1, -0.05) is 13.3 Å². The van der Waals surface area contributed by atoms with Gasteiger partial charge in [-0.2, -0.15) is 0 Å². The lowest BCUT2D eigenvalue weighted by Crippen LogP contribution is -2.11. The summed E-state index contributed by atoms with van der Waals surface area (Å²) in [7, 11) is -3.41. The van der Waals surface area contributed by atoms with Crippen molar-refractivity contribution in [2.45, 2.75) is 25.7 Å². The minimum absolute atomic E-state index is 0.0000916. The number of unbranched alkanes of at least 4 members (excludes halogenated alkanes) is 1. The van der Waals surface area contributed by atoms with E-state index in [0.717, 1.165) is 18.2 Å². The van der Waals surface area contributed by atoms with E-state index in [0.29, 0.717) is 42.9 Å². The van der Waals surface area contributed by atoms with Gasteiger partial charge in [0.15, 0.2) is 5.78 Å². The number of anilines is 1. The second kappa shape index (κ2) is 5.83. The summed E-state index contributed by atoms with van der Waals surface area (Å²) >= 11 is 0. The van der Waals surface area contributed by atoms with Crippen LogP contribution in [-0.4, -0.2) is 27.1 Å². The SMILES string of the molecule is [CH2]CCCC(=O)c1cc2c(c(NS(C)(=O)=O)c1)OCC2. The minimum Gasteiger partial charge on any atom is -0.491 e. The highest BCUT2D eigenvalue weighted by molar-refractivity contribution is 7.92. The number of benzene rings is 1. The van der Waals surface area contributed by atoms with Crippen molar-refractivity contribution < 1.29 is 17.9 Å². The van der Waals surface area contributed by atoms with E-state index >= 15 is 0 Å². The monoisotopic (exact) mass is 296 g/mol. The number of carbonyl (C=O) groups is 1. The molecular weight excluding hydrogens is 278 g/mol. The van der Waals surface area contributed by atoms with Crippen LogP contribution < -0.4 is 9.46 Å². The Morgan fingerprint density at radius 1 is 1.45 bits per heavy atom. The van der Waals surface area contributed by atoms with Gasteiger partial charge < -0.3 is 4.74 Å². The summed E-state index contributed by atoms with van der Waals surface area (Å²) < 4.78 is 30.6. The molecule has 20 heavy (non-hydrogen) atoms. The fraction of sp³-hybridized carbons (Fsp3) is 0.429. The topological polar surface area (TPSA) is 72.5 Å². The van der Waals surface area contributed by atoms with E-state index in [1.54, 1.807) is 12.1 Å². The molecule has 1 aliphatic heterocycles. The van der Waals surface area contributed by atoms with Gasteiger partial charge in [-0.3, -0.25) is 9.52 Å². The maximum Gasteiger partial charge on any atom is 0.229 e. The molecule has 5 nitrogen and oxygen atoms in total. The molecule has 0 unspecified atom stereocenters. The summed E-state index contributed by atoms with van der Waals surface area (Å²) in [5, 5.41) is 0. The highest BCUT2D eigenvalue weighted by Gasteiger charge is 2.21. The van der Waals surface area contributed by atoms with Crippen LogP contribution in [-0.2, 0) is 16.4 Å². The van der Waals surface area contributed by atoms with Crippen molar-refractivity contribution in [3.05, 3.63) is 30.2 Å². The second-order valence-corrected chi connectivity index (χ2v) is 6.61. The van der Waals surface area contributed by atoms with Gasteiger partial charge in [0.05, 0.1) is 18.6 Å². The van der Waals surface area contributed by atoms with Crippen LogP contribution in [0.4, 0.5) is 5.69 Å². The maximum absolute atomic E-state index is 12.1. The predicted octanol–water partition coefficient (Wildman–Crippen LogP) is 2.18. The first kappa shape index (κ1) is 14.8. The van der Waals surface area contributed by atoms with Crippen LogP contribution in [0, 0.1) is 6.92 Å². The zero-order valence-electron chi connectivity index (χ0n) is 11.4. The molecule has 0 atom stereocenters. The lowest BCUT2D eigenvalue weighted by Gasteiger charge is -2.11. The molecule has 0 amide bonds. The molecule has 1 aromatic rings. The van der Waals surface area contributed by atoms with E-state index in [9.17, 15) is 13.2 Å². The smallest absolute Gasteiger partial charge is 0.229 e. The third kappa shape index (κ3) is 3.50. The zero-order valence-corrected chi connectivity index (χ0v) is 12.3. The number of hydrogen-bond donors (Lipinski definition) is 1. The summed E-state index contributed by atoms with van der Waals surface area (Å²) in [5.41, 5.74) is 1.74. The fourth-order valence-corrected chi connectivity index (χ4v) is 2.73. The van der Waals surface area contributed by atoms with Crippen LogP contribution in [0.1, 0.15) is 35.2 Å². The maximum atomic E-state index is 12.1. The first-order chi connectivity index (χ1) is 9.40. The van der Waals surface area contributed by atoms with Gasteiger partial charge in [0.2, 0.25) is 10.0 Å². The van der Waals surface area contributed by atoms with Crippen LogP contribution in [0.15, 0.2) is 12.1 Å². The average Bonchev–Trinajstić information content (AvgIpc) is 2.82. The molecule has 0 aliphatic carbocycles. The largest absolute Gasteiger partial charge is 0.491 e. The van der Waals surface area contributed by atoms with Crippen LogP contribution in [0.5, 0.6) is 5.75 Å². The number of hydrogen-bond acceptors (Lipinski definition) is 4. The number of fused-ring (bicyclic) bond motifs is 1. The van der Waals surface area contributed by atoms with Crippen molar-refractivity contribution >= 4 is 21.5 Å². The van der Waals surface area contributed by atoms with Crippen LogP contribution in [0.3, 0.4) is 0 Å². The normalized spacial score (nSPS) is 13.7.